The maximum absolute atomic E-state index is 11.6. The second-order valence-electron chi connectivity index (χ2n) is 5.07. The van der Waals surface area contributed by atoms with Crippen molar-refractivity contribution in [2.45, 2.75) is 48.2 Å². The minimum absolute atomic E-state index is 0.214. The molecule has 0 radical (unpaired) electrons. The molecule has 1 heterocycles. The summed E-state index contributed by atoms with van der Waals surface area (Å²) in [4.78, 5) is 3.95. The Balaban J connectivity index is 2.15. The van der Waals surface area contributed by atoms with Gasteiger partial charge in [0.25, 0.3) is 0 Å². The summed E-state index contributed by atoms with van der Waals surface area (Å²) in [5.74, 6) is 0.422. The highest BCUT2D eigenvalue weighted by Crippen LogP contribution is 2.43. The first kappa shape index (κ1) is 15.3. The summed E-state index contributed by atoms with van der Waals surface area (Å²) in [7, 11) is 0. The largest absolute Gasteiger partial charge is 0.368 e. The van der Waals surface area contributed by atoms with Crippen LogP contribution in [0.3, 0.4) is 0 Å². The minimum atomic E-state index is -4.03. The van der Waals surface area contributed by atoms with Gasteiger partial charge < -0.3 is 10.8 Å². The lowest BCUT2D eigenvalue weighted by Gasteiger charge is -2.30. The molecule has 1 aromatic heterocycles. The average molecular weight is 398 g/mol. The second kappa shape index (κ2) is 6.55. The Morgan fingerprint density at radius 1 is 1.47 bits per heavy atom. The van der Waals surface area contributed by atoms with Gasteiger partial charge in [0.15, 0.2) is 0 Å². The Hall–Kier alpha value is -0.120. The lowest BCUT2D eigenvalue weighted by atomic mass is 9.84. The van der Waals surface area contributed by atoms with Gasteiger partial charge in [-0.15, -0.1) is 11.3 Å². The van der Waals surface area contributed by atoms with E-state index in [9.17, 15) is 11.2 Å². The van der Waals surface area contributed by atoms with Crippen molar-refractivity contribution in [1.82, 2.24) is 4.98 Å². The quantitative estimate of drug-likeness (QED) is 0.588. The van der Waals surface area contributed by atoms with Crippen molar-refractivity contribution in [2.24, 2.45) is 11.7 Å². The molecule has 0 bridgehead atoms. The van der Waals surface area contributed by atoms with Crippen LogP contribution in [0.2, 0.25) is 0 Å². The van der Waals surface area contributed by atoms with Crippen molar-refractivity contribution >= 4 is 31.1 Å². The van der Waals surface area contributed by atoms with Gasteiger partial charge >= 0.3 is 19.8 Å². The molecule has 0 amide bonds. The average Bonchev–Trinajstić information content (AvgIpc) is 2.92. The van der Waals surface area contributed by atoms with Crippen LogP contribution in [0, 0.1) is 5.92 Å². The molecule has 19 heavy (non-hydrogen) atoms. The van der Waals surface area contributed by atoms with Crippen molar-refractivity contribution in [3.8, 4) is 0 Å². The Morgan fingerprint density at radius 3 is 2.68 bits per heavy atom. The number of rotatable bonds is 5. The van der Waals surface area contributed by atoms with Crippen LogP contribution in [0.25, 0.3) is 0 Å². The highest BCUT2D eigenvalue weighted by molar-refractivity contribution is 14.2. The second-order valence-corrected chi connectivity index (χ2v) is 8.85. The summed E-state index contributed by atoms with van der Waals surface area (Å²) >= 11 is -2.88. The van der Waals surface area contributed by atoms with Gasteiger partial charge in [0.2, 0.25) is 3.61 Å². The zero-order valence-corrected chi connectivity index (χ0v) is 13.6. The topological polar surface area (TPSA) is 93.3 Å². The van der Waals surface area contributed by atoms with Crippen LogP contribution in [0.4, 0.5) is 0 Å². The number of alkyl halides is 1. The van der Waals surface area contributed by atoms with Crippen molar-refractivity contribution in [1.29, 1.82) is 0 Å². The van der Waals surface area contributed by atoms with E-state index in [0.29, 0.717) is 12.3 Å². The fourth-order valence-electron chi connectivity index (χ4n) is 2.67. The molecule has 2 rings (SSSR count). The number of thiazole rings is 1. The molecule has 1 aliphatic rings. The number of nitrogens with two attached hydrogens (primary N) is 1. The van der Waals surface area contributed by atoms with Crippen molar-refractivity contribution in [2.75, 3.05) is 0 Å². The Labute approximate surface area is 123 Å². The van der Waals surface area contributed by atoms with Crippen molar-refractivity contribution in [3.05, 3.63) is 16.6 Å². The lowest BCUT2D eigenvalue weighted by Crippen LogP contribution is -2.43. The molecule has 5 nitrogen and oxygen atoms in total. The zero-order valence-electron chi connectivity index (χ0n) is 10.6. The molecule has 0 saturated heterocycles. The van der Waals surface area contributed by atoms with E-state index in [4.69, 9.17) is 5.73 Å². The maximum Gasteiger partial charge on any atom is 0.349 e. The first-order chi connectivity index (χ1) is 9.05. The molecule has 0 aliphatic heterocycles. The van der Waals surface area contributed by atoms with Crippen LogP contribution < -0.4 is 5.73 Å². The molecular weight excluding hydrogens is 379 g/mol. The first-order valence-corrected chi connectivity index (χ1v) is 10.2. The van der Waals surface area contributed by atoms with E-state index in [0.717, 1.165) is 24.2 Å². The normalized spacial score (nSPS) is 22.3. The molecule has 1 aromatic rings. The van der Waals surface area contributed by atoms with Gasteiger partial charge in [0.05, 0.1) is 6.04 Å². The van der Waals surface area contributed by atoms with Gasteiger partial charge in [-0.25, -0.2) is 11.1 Å². The number of aromatic nitrogens is 1. The smallest absolute Gasteiger partial charge is 0.349 e. The Kier molecular flexibility index (Phi) is 5.27. The third-order valence-corrected chi connectivity index (χ3v) is 7.69. The molecule has 3 N–H and O–H groups in total. The molecular formula is C12H19IN2O3S. The van der Waals surface area contributed by atoms with E-state index in [1.165, 1.54) is 25.5 Å². The van der Waals surface area contributed by atoms with Gasteiger partial charge in [-0.05, 0) is 12.3 Å². The summed E-state index contributed by atoms with van der Waals surface area (Å²) in [6, 6.07) is -0.776. The molecule has 2 atom stereocenters. The number of hydrogen-bond acceptors (Lipinski definition) is 6. The van der Waals surface area contributed by atoms with Crippen LogP contribution in [-0.4, -0.2) is 16.1 Å². The van der Waals surface area contributed by atoms with Crippen molar-refractivity contribution < 1.29 is 11.2 Å². The maximum atomic E-state index is 11.6. The predicted molar refractivity (Wildman–Crippen MR) is 80.6 cm³/mol. The van der Waals surface area contributed by atoms with E-state index in [1.807, 2.05) is 0 Å². The van der Waals surface area contributed by atoms with Crippen LogP contribution in [0.5, 0.6) is 0 Å². The van der Waals surface area contributed by atoms with E-state index < -0.39 is 29.4 Å². The van der Waals surface area contributed by atoms with Crippen LogP contribution in [0.1, 0.15) is 43.5 Å². The summed E-state index contributed by atoms with van der Waals surface area (Å²) in [5, 5.41) is 12.4. The highest BCUT2D eigenvalue weighted by Gasteiger charge is 2.45. The zero-order chi connectivity index (χ0) is 13.9. The molecule has 1 fully saturated rings. The Bertz CT molecular complexity index is 463. The van der Waals surface area contributed by atoms with Gasteiger partial charge in [0, 0.05) is 11.6 Å². The SMILES string of the molecule is N[C@@H](CC1CCCCC1)[C@](O)(c1nccs1)I(=O)=O. The highest BCUT2D eigenvalue weighted by atomic mass is 127. The first-order valence-electron chi connectivity index (χ1n) is 6.48. The van der Waals surface area contributed by atoms with E-state index in [2.05, 4.69) is 4.98 Å². The number of aliphatic hydroxyl groups is 1. The van der Waals surface area contributed by atoms with Gasteiger partial charge in [-0.2, -0.15) is 0 Å². The van der Waals surface area contributed by atoms with E-state index >= 15 is 0 Å². The molecule has 0 unspecified atom stereocenters. The lowest BCUT2D eigenvalue weighted by molar-refractivity contribution is 0.106. The monoisotopic (exact) mass is 398 g/mol. The third-order valence-electron chi connectivity index (χ3n) is 3.77. The van der Waals surface area contributed by atoms with Crippen molar-refractivity contribution in [3.63, 3.8) is 0 Å². The van der Waals surface area contributed by atoms with Gasteiger partial charge in [0.1, 0.15) is 5.01 Å². The predicted octanol–water partition coefficient (Wildman–Crippen LogP) is 2.78. The summed E-state index contributed by atoms with van der Waals surface area (Å²) in [6.07, 6.45) is 7.78. The number of hydrogen-bond donors (Lipinski definition) is 2. The Morgan fingerprint density at radius 2 is 2.16 bits per heavy atom. The molecule has 1 aliphatic carbocycles. The fourth-order valence-corrected chi connectivity index (χ4v) is 5.59. The van der Waals surface area contributed by atoms with Gasteiger partial charge in [-0.3, -0.25) is 0 Å². The molecule has 7 heteroatoms. The number of nitrogens with zero attached hydrogens (tertiary/aromatic N) is 1. The molecule has 1 saturated carbocycles. The number of halogens is 1. The molecule has 0 spiro atoms. The van der Waals surface area contributed by atoms with E-state index in [1.54, 1.807) is 5.38 Å². The third kappa shape index (κ3) is 3.32. The summed E-state index contributed by atoms with van der Waals surface area (Å²) in [6.45, 7) is 0. The van der Waals surface area contributed by atoms with Crippen LogP contribution in [0.15, 0.2) is 11.6 Å². The van der Waals surface area contributed by atoms with E-state index in [-0.39, 0.29) is 5.01 Å². The standard InChI is InChI=1S/C12H19IN2O3S/c14-10(8-9-4-2-1-3-5-9)12(16,13(17)18)11-15-6-7-19-11/h6-7,9-10,16H,1-5,8,14H2/t10-,12-/m0/s1. The molecule has 108 valence electrons. The van der Waals surface area contributed by atoms with Crippen LogP contribution >= 0.6 is 31.1 Å². The fraction of sp³-hybridized carbons (Fsp3) is 0.750. The molecule has 0 aromatic carbocycles. The van der Waals surface area contributed by atoms with Gasteiger partial charge in [-0.1, -0.05) is 32.1 Å². The minimum Gasteiger partial charge on any atom is -0.368 e. The summed E-state index contributed by atoms with van der Waals surface area (Å²) < 4.78 is 21.2. The van der Waals surface area contributed by atoms with Crippen LogP contribution in [-0.2, 0) is 9.75 Å². The summed E-state index contributed by atoms with van der Waals surface area (Å²) in [5.41, 5.74) is 6.03.